The van der Waals surface area contributed by atoms with E-state index in [1.807, 2.05) is 0 Å². The minimum absolute atomic E-state index is 0. The number of hydrogen-bond acceptors (Lipinski definition) is 1. The number of hydrogen-bond donors (Lipinski definition) is 3. The van der Waals surface area contributed by atoms with Crippen molar-refractivity contribution in [3.05, 3.63) is 0 Å². The van der Waals surface area contributed by atoms with Crippen LogP contribution in [0.4, 0.5) is 0 Å². The zero-order valence-corrected chi connectivity index (χ0v) is 6.66. The minimum atomic E-state index is -4.64. The van der Waals surface area contributed by atoms with Gasteiger partial charge >= 0.3 is 7.82 Å². The van der Waals surface area contributed by atoms with E-state index < -0.39 is 7.82 Å². The molecule has 0 aliphatic rings. The van der Waals surface area contributed by atoms with Gasteiger partial charge in [0.1, 0.15) is 0 Å². The monoisotopic (exact) mass is 312 g/mol. The van der Waals surface area contributed by atoms with Crippen LogP contribution in [0.1, 0.15) is 0 Å². The maximum absolute atomic E-state index is 8.88. The predicted molar refractivity (Wildman–Crippen MR) is 14.3 cm³/mol. The molecule has 2 radical (unpaired) electrons. The summed E-state index contributed by atoms with van der Waals surface area (Å²) in [6.45, 7) is 0. The number of phosphoric acid groups is 1. The first-order valence-electron chi connectivity index (χ1n) is 0.783. The Hall–Kier alpha value is 1.59. The molecule has 0 unspecified atom stereocenters. The first-order chi connectivity index (χ1) is 2.00. The van der Waals surface area contributed by atoms with Gasteiger partial charge in [0.15, 0.2) is 0 Å². The molecule has 0 fully saturated rings. The Balaban J connectivity index is -0.0000000800. The SMILES string of the molecule is O=P(O)(O)O.[Ag].[Ag]. The Bertz CT molecular complexity index is 55.8. The second kappa shape index (κ2) is 5.72. The molecule has 0 saturated heterocycles. The van der Waals surface area contributed by atoms with Gasteiger partial charge in [-0.25, -0.2) is 4.57 Å². The summed E-state index contributed by atoms with van der Waals surface area (Å²) < 4.78 is 8.88. The molecule has 3 N–H and O–H groups in total. The average Bonchev–Trinajstić information content (AvgIpc) is 0.722. The van der Waals surface area contributed by atoms with Gasteiger partial charge in [-0.3, -0.25) is 0 Å². The third-order valence-electron chi connectivity index (χ3n) is 0. The average molecular weight is 314 g/mol. The van der Waals surface area contributed by atoms with Crippen LogP contribution >= 0.6 is 7.82 Å². The van der Waals surface area contributed by atoms with Gasteiger partial charge in [0.2, 0.25) is 0 Å². The van der Waals surface area contributed by atoms with E-state index in [2.05, 4.69) is 0 Å². The molecule has 7 heteroatoms. The topological polar surface area (TPSA) is 77.8 Å². The summed E-state index contributed by atoms with van der Waals surface area (Å²) >= 11 is 0. The summed E-state index contributed by atoms with van der Waals surface area (Å²) in [5.41, 5.74) is 0. The summed E-state index contributed by atoms with van der Waals surface area (Å²) in [6, 6.07) is 0. The molecular weight excluding hydrogens is 311 g/mol. The van der Waals surface area contributed by atoms with Gasteiger partial charge in [-0.2, -0.15) is 0 Å². The molecule has 0 atom stereocenters. The molecule has 0 aliphatic heterocycles. The van der Waals surface area contributed by atoms with Crippen molar-refractivity contribution in [3.8, 4) is 0 Å². The van der Waals surface area contributed by atoms with E-state index in [0.717, 1.165) is 0 Å². The van der Waals surface area contributed by atoms with Gasteiger partial charge in [0.05, 0.1) is 0 Å². The Morgan fingerprint density at radius 2 is 1.00 bits per heavy atom. The summed E-state index contributed by atoms with van der Waals surface area (Å²) in [7, 11) is -4.64. The van der Waals surface area contributed by atoms with Gasteiger partial charge in [-0.15, -0.1) is 0 Å². The third kappa shape index (κ3) is 93.8. The van der Waals surface area contributed by atoms with E-state index in [-0.39, 0.29) is 44.8 Å². The quantitative estimate of drug-likeness (QED) is 0.399. The van der Waals surface area contributed by atoms with Gasteiger partial charge in [-0.05, 0) is 0 Å². The Labute approximate surface area is 71.6 Å². The fourth-order valence-corrected chi connectivity index (χ4v) is 0. The molecule has 0 aromatic rings. The molecule has 4 nitrogen and oxygen atoms in total. The Morgan fingerprint density at radius 3 is 1.00 bits per heavy atom. The first-order valence-corrected chi connectivity index (χ1v) is 2.35. The van der Waals surface area contributed by atoms with Crippen LogP contribution in [0.5, 0.6) is 0 Å². The van der Waals surface area contributed by atoms with Crippen molar-refractivity contribution >= 4 is 7.82 Å². The molecule has 0 saturated carbocycles. The van der Waals surface area contributed by atoms with Crippen LogP contribution in [0.15, 0.2) is 0 Å². The van der Waals surface area contributed by atoms with E-state index in [1.165, 1.54) is 0 Å². The van der Waals surface area contributed by atoms with Crippen molar-refractivity contribution in [2.75, 3.05) is 0 Å². The van der Waals surface area contributed by atoms with Crippen molar-refractivity contribution in [2.24, 2.45) is 0 Å². The molecule has 0 heterocycles. The summed E-state index contributed by atoms with van der Waals surface area (Å²) in [5, 5.41) is 0. The standard InChI is InChI=1S/2Ag.H3O4P/c;;1-5(2,3)4/h;;(H3,1,2,3,4). The molecule has 0 aliphatic carbocycles. The Kier molecular flexibility index (Phi) is 12.9. The predicted octanol–water partition coefficient (Wildman–Crippen LogP) is -0.934. The van der Waals surface area contributed by atoms with Crippen LogP contribution in [-0.2, 0) is 49.3 Å². The summed E-state index contributed by atoms with van der Waals surface area (Å²) in [4.78, 5) is 21.6. The number of rotatable bonds is 0. The molecule has 0 amide bonds. The van der Waals surface area contributed by atoms with Crippen LogP contribution in [0.3, 0.4) is 0 Å². The zero-order valence-electron chi connectivity index (χ0n) is 2.80. The van der Waals surface area contributed by atoms with Crippen LogP contribution in [0, 0.1) is 0 Å². The van der Waals surface area contributed by atoms with Crippen LogP contribution in [-0.4, -0.2) is 14.7 Å². The molecule has 54 valence electrons. The first kappa shape index (κ1) is 15.8. The van der Waals surface area contributed by atoms with E-state index in [0.29, 0.717) is 0 Å². The summed E-state index contributed by atoms with van der Waals surface area (Å²) in [6.07, 6.45) is 0. The normalized spacial score (nSPS) is 8.43. The van der Waals surface area contributed by atoms with Gasteiger partial charge in [0.25, 0.3) is 0 Å². The second-order valence-corrected chi connectivity index (χ2v) is 1.54. The van der Waals surface area contributed by atoms with E-state index >= 15 is 0 Å². The van der Waals surface area contributed by atoms with Gasteiger partial charge in [0, 0.05) is 44.8 Å². The minimum Gasteiger partial charge on any atom is -0.303 e. The van der Waals surface area contributed by atoms with Crippen LogP contribution in [0.25, 0.3) is 0 Å². The van der Waals surface area contributed by atoms with Crippen molar-refractivity contribution in [1.29, 1.82) is 0 Å². The zero-order chi connectivity index (χ0) is 4.50. The van der Waals surface area contributed by atoms with E-state index in [1.54, 1.807) is 0 Å². The van der Waals surface area contributed by atoms with Crippen molar-refractivity contribution in [3.63, 3.8) is 0 Å². The summed E-state index contributed by atoms with van der Waals surface area (Å²) in [5.74, 6) is 0. The molecular formula is H3Ag2O4P. The van der Waals surface area contributed by atoms with Crippen LogP contribution in [0.2, 0.25) is 0 Å². The fourth-order valence-electron chi connectivity index (χ4n) is 0. The largest absolute Gasteiger partial charge is 0.466 e. The smallest absolute Gasteiger partial charge is 0.303 e. The second-order valence-electron chi connectivity index (χ2n) is 0.513. The van der Waals surface area contributed by atoms with E-state index in [9.17, 15) is 0 Å². The van der Waals surface area contributed by atoms with Crippen molar-refractivity contribution in [1.82, 2.24) is 0 Å². The Morgan fingerprint density at radius 1 is 1.00 bits per heavy atom. The van der Waals surface area contributed by atoms with Gasteiger partial charge in [-0.1, -0.05) is 0 Å². The fraction of sp³-hybridized carbons (Fsp3) is 0. The molecule has 0 aromatic carbocycles. The van der Waals surface area contributed by atoms with E-state index in [4.69, 9.17) is 19.2 Å². The molecule has 0 bridgehead atoms. The van der Waals surface area contributed by atoms with Crippen LogP contribution < -0.4 is 0 Å². The van der Waals surface area contributed by atoms with Crippen molar-refractivity contribution < 1.29 is 64.0 Å². The molecule has 0 aromatic heterocycles. The van der Waals surface area contributed by atoms with Gasteiger partial charge < -0.3 is 14.7 Å². The third-order valence-corrected chi connectivity index (χ3v) is 0. The maximum Gasteiger partial charge on any atom is 0.466 e. The molecule has 7 heavy (non-hydrogen) atoms. The van der Waals surface area contributed by atoms with Crippen molar-refractivity contribution in [2.45, 2.75) is 0 Å². The molecule has 0 rings (SSSR count). The maximum atomic E-state index is 8.88. The molecule has 0 spiro atoms.